The Labute approximate surface area is 131 Å². The first-order valence-corrected chi connectivity index (χ1v) is 7.47. The minimum Gasteiger partial charge on any atom is -0.399 e. The molecular formula is C16H22BN3O2. The molecule has 0 aliphatic carbocycles. The van der Waals surface area contributed by atoms with Crippen LogP contribution in [0.25, 0.3) is 5.69 Å². The van der Waals surface area contributed by atoms with Gasteiger partial charge in [0.25, 0.3) is 0 Å². The molecule has 5 nitrogen and oxygen atoms in total. The van der Waals surface area contributed by atoms with Crippen molar-refractivity contribution in [3.63, 3.8) is 0 Å². The molecule has 0 unspecified atom stereocenters. The lowest BCUT2D eigenvalue weighted by atomic mass is 9.79. The Kier molecular flexibility index (Phi) is 3.34. The molecule has 3 rings (SSSR count). The van der Waals surface area contributed by atoms with E-state index >= 15 is 0 Å². The molecule has 0 amide bonds. The summed E-state index contributed by atoms with van der Waals surface area (Å²) in [4.78, 5) is 4.12. The summed E-state index contributed by atoms with van der Waals surface area (Å²) in [6.45, 7) is 10.2. The van der Waals surface area contributed by atoms with Gasteiger partial charge in [0.05, 0.1) is 17.4 Å². The fourth-order valence-electron chi connectivity index (χ4n) is 2.55. The van der Waals surface area contributed by atoms with Gasteiger partial charge < -0.3 is 15.0 Å². The van der Waals surface area contributed by atoms with E-state index in [1.807, 2.05) is 35.8 Å². The van der Waals surface area contributed by atoms with E-state index in [1.54, 1.807) is 6.20 Å². The standard InChI is InChI=1S/C16H22BN3O2/c1-11-10-19-14(18)20(11)13-8-6-12(7-9-13)17-21-15(2,3)16(4,5)22-17/h6-10H,1-5H3,(H2,18,19). The average Bonchev–Trinajstić information content (AvgIpc) is 2.87. The van der Waals surface area contributed by atoms with Crippen molar-refractivity contribution in [2.75, 3.05) is 5.73 Å². The van der Waals surface area contributed by atoms with Crippen molar-refractivity contribution < 1.29 is 9.31 Å². The molecule has 2 heterocycles. The van der Waals surface area contributed by atoms with Gasteiger partial charge in [-0.2, -0.15) is 0 Å². The van der Waals surface area contributed by atoms with Gasteiger partial charge >= 0.3 is 7.12 Å². The lowest BCUT2D eigenvalue weighted by Crippen LogP contribution is -2.41. The van der Waals surface area contributed by atoms with Gasteiger partial charge in [-0.3, -0.25) is 4.57 Å². The van der Waals surface area contributed by atoms with Crippen LogP contribution in [0, 0.1) is 6.92 Å². The topological polar surface area (TPSA) is 62.3 Å². The Bertz CT molecular complexity index is 656. The predicted octanol–water partition coefficient (Wildman–Crippen LogP) is 2.06. The normalized spacial score (nSPS) is 19.6. The number of nitrogen functional groups attached to an aromatic ring is 1. The Morgan fingerprint density at radius 2 is 1.59 bits per heavy atom. The maximum atomic E-state index is 6.06. The van der Waals surface area contributed by atoms with Gasteiger partial charge in [0.2, 0.25) is 5.95 Å². The van der Waals surface area contributed by atoms with Crippen LogP contribution >= 0.6 is 0 Å². The second-order valence-electron chi connectivity index (χ2n) is 6.77. The second-order valence-corrected chi connectivity index (χ2v) is 6.77. The highest BCUT2D eigenvalue weighted by Crippen LogP contribution is 2.36. The zero-order valence-electron chi connectivity index (χ0n) is 13.8. The number of nitrogens with two attached hydrogens (primary N) is 1. The van der Waals surface area contributed by atoms with Crippen molar-refractivity contribution in [3.05, 3.63) is 36.2 Å². The Hall–Kier alpha value is -1.79. The molecule has 2 N–H and O–H groups in total. The van der Waals surface area contributed by atoms with Crippen molar-refractivity contribution in [1.82, 2.24) is 9.55 Å². The number of hydrogen-bond acceptors (Lipinski definition) is 4. The van der Waals surface area contributed by atoms with Gasteiger partial charge in [-0.25, -0.2) is 4.98 Å². The van der Waals surface area contributed by atoms with Crippen LogP contribution in [0.3, 0.4) is 0 Å². The Morgan fingerprint density at radius 3 is 2.05 bits per heavy atom. The third-order valence-corrected chi connectivity index (χ3v) is 4.64. The molecule has 1 saturated heterocycles. The average molecular weight is 299 g/mol. The zero-order valence-corrected chi connectivity index (χ0v) is 13.8. The minimum atomic E-state index is -0.347. The van der Waals surface area contributed by atoms with E-state index in [4.69, 9.17) is 15.0 Å². The quantitative estimate of drug-likeness (QED) is 0.862. The fourth-order valence-corrected chi connectivity index (χ4v) is 2.55. The number of hydrogen-bond donors (Lipinski definition) is 1. The molecule has 116 valence electrons. The number of rotatable bonds is 2. The van der Waals surface area contributed by atoms with E-state index in [0.717, 1.165) is 16.8 Å². The minimum absolute atomic E-state index is 0.332. The third-order valence-electron chi connectivity index (χ3n) is 4.64. The molecule has 0 saturated carbocycles. The Balaban J connectivity index is 1.87. The number of aromatic nitrogens is 2. The summed E-state index contributed by atoms with van der Waals surface area (Å²) < 4.78 is 14.0. The monoisotopic (exact) mass is 299 g/mol. The maximum Gasteiger partial charge on any atom is 0.494 e. The molecule has 1 aliphatic heterocycles. The van der Waals surface area contributed by atoms with E-state index in [9.17, 15) is 0 Å². The zero-order chi connectivity index (χ0) is 16.1. The van der Waals surface area contributed by atoms with Crippen LogP contribution in [0.2, 0.25) is 0 Å². The van der Waals surface area contributed by atoms with Gasteiger partial charge in [-0.05, 0) is 52.2 Å². The van der Waals surface area contributed by atoms with Crippen LogP contribution in [-0.4, -0.2) is 27.9 Å². The summed E-state index contributed by atoms with van der Waals surface area (Å²) in [5, 5.41) is 0. The van der Waals surface area contributed by atoms with Crippen molar-refractivity contribution in [2.45, 2.75) is 45.8 Å². The summed E-state index contributed by atoms with van der Waals surface area (Å²) in [6, 6.07) is 8.03. The van der Waals surface area contributed by atoms with E-state index in [1.165, 1.54) is 0 Å². The summed E-state index contributed by atoms with van der Waals surface area (Å²) in [5.41, 5.74) is 8.22. The molecular weight excluding hydrogens is 277 g/mol. The van der Waals surface area contributed by atoms with Crippen LogP contribution in [0.5, 0.6) is 0 Å². The molecule has 0 spiro atoms. The SMILES string of the molecule is Cc1cnc(N)n1-c1ccc(B2OC(C)(C)C(C)(C)O2)cc1. The van der Waals surface area contributed by atoms with Crippen molar-refractivity contribution in [2.24, 2.45) is 0 Å². The number of anilines is 1. The molecule has 0 bridgehead atoms. The van der Waals surface area contributed by atoms with E-state index in [-0.39, 0.29) is 18.3 Å². The van der Waals surface area contributed by atoms with Crippen molar-refractivity contribution in [1.29, 1.82) is 0 Å². The first-order chi connectivity index (χ1) is 10.2. The molecule has 6 heteroatoms. The molecule has 1 aliphatic rings. The van der Waals surface area contributed by atoms with Crippen LogP contribution < -0.4 is 11.2 Å². The molecule has 0 atom stereocenters. The van der Waals surface area contributed by atoms with E-state index in [2.05, 4.69) is 32.7 Å². The van der Waals surface area contributed by atoms with E-state index < -0.39 is 0 Å². The largest absolute Gasteiger partial charge is 0.494 e. The third kappa shape index (κ3) is 2.32. The van der Waals surface area contributed by atoms with E-state index in [0.29, 0.717) is 5.95 Å². The smallest absolute Gasteiger partial charge is 0.399 e. The highest BCUT2D eigenvalue weighted by molar-refractivity contribution is 6.62. The summed E-state index contributed by atoms with van der Waals surface area (Å²) in [6.07, 6.45) is 1.76. The first-order valence-electron chi connectivity index (χ1n) is 7.47. The lowest BCUT2D eigenvalue weighted by molar-refractivity contribution is 0.00578. The highest BCUT2D eigenvalue weighted by Gasteiger charge is 2.51. The van der Waals surface area contributed by atoms with Crippen LogP contribution in [0.15, 0.2) is 30.5 Å². The van der Waals surface area contributed by atoms with Gasteiger partial charge in [0, 0.05) is 11.4 Å². The fraction of sp³-hybridized carbons (Fsp3) is 0.438. The van der Waals surface area contributed by atoms with Gasteiger partial charge in [0.15, 0.2) is 0 Å². The molecule has 1 aromatic carbocycles. The first kappa shape index (κ1) is 15.1. The lowest BCUT2D eigenvalue weighted by Gasteiger charge is -2.32. The molecule has 22 heavy (non-hydrogen) atoms. The number of nitrogens with zero attached hydrogens (tertiary/aromatic N) is 2. The maximum absolute atomic E-state index is 6.06. The van der Waals surface area contributed by atoms with Crippen LogP contribution in [0.1, 0.15) is 33.4 Å². The van der Waals surface area contributed by atoms with Crippen LogP contribution in [-0.2, 0) is 9.31 Å². The summed E-state index contributed by atoms with van der Waals surface area (Å²) in [7, 11) is -0.347. The molecule has 0 radical (unpaired) electrons. The highest BCUT2D eigenvalue weighted by atomic mass is 16.7. The van der Waals surface area contributed by atoms with Crippen molar-refractivity contribution in [3.8, 4) is 5.69 Å². The second kappa shape index (κ2) is 4.86. The van der Waals surface area contributed by atoms with Gasteiger partial charge in [0.1, 0.15) is 0 Å². The van der Waals surface area contributed by atoms with Crippen LogP contribution in [0.4, 0.5) is 5.95 Å². The van der Waals surface area contributed by atoms with Crippen molar-refractivity contribution >= 4 is 18.5 Å². The summed E-state index contributed by atoms with van der Waals surface area (Å²) >= 11 is 0. The van der Waals surface area contributed by atoms with Gasteiger partial charge in [-0.15, -0.1) is 0 Å². The number of benzene rings is 1. The number of aryl methyl sites for hydroxylation is 1. The predicted molar refractivity (Wildman–Crippen MR) is 88.4 cm³/mol. The van der Waals surface area contributed by atoms with Gasteiger partial charge in [-0.1, -0.05) is 12.1 Å². The molecule has 1 fully saturated rings. The Morgan fingerprint density at radius 1 is 1.05 bits per heavy atom. The molecule has 1 aromatic heterocycles. The molecule has 2 aromatic rings. The summed E-state index contributed by atoms with van der Waals surface area (Å²) in [5.74, 6) is 0.487. The number of imidazole rings is 1.